The molecule has 0 atom stereocenters. The fraction of sp³-hybridized carbons (Fsp3) is 0.364. The number of aryl methyl sites for hydroxylation is 1. The molecular weight excluding hydrogens is 210 g/mol. The van der Waals surface area contributed by atoms with Gasteiger partial charge in [0.25, 0.3) is 0 Å². The van der Waals surface area contributed by atoms with Gasteiger partial charge < -0.3 is 10.2 Å². The van der Waals surface area contributed by atoms with E-state index in [1.54, 1.807) is 12.3 Å². The van der Waals surface area contributed by atoms with Crippen molar-refractivity contribution in [2.75, 3.05) is 0 Å². The summed E-state index contributed by atoms with van der Waals surface area (Å²) in [6.07, 6.45) is 2.76. The van der Waals surface area contributed by atoms with Crippen molar-refractivity contribution in [3.8, 4) is 0 Å². The van der Waals surface area contributed by atoms with Gasteiger partial charge in [0.2, 0.25) is 0 Å². The van der Waals surface area contributed by atoms with Gasteiger partial charge in [0.15, 0.2) is 0 Å². The van der Waals surface area contributed by atoms with Crippen LogP contribution in [0, 0.1) is 6.92 Å². The topological polar surface area (TPSA) is 87.5 Å². The highest BCUT2D eigenvalue weighted by Gasteiger charge is 2.19. The zero-order chi connectivity index (χ0) is 12.1. The lowest BCUT2D eigenvalue weighted by Crippen LogP contribution is -2.11. The standard InChI is InChI=1S/C11H13NO4/c1-7-2-9(6-12-5-7)8(3-10(13)14)4-11(15)16/h2,5-6,8H,3-4H2,1H3,(H,13,14)(H,15,16). The molecule has 0 spiro atoms. The molecule has 0 bridgehead atoms. The number of carboxylic acid groups (broad SMARTS) is 2. The van der Waals surface area contributed by atoms with Crippen molar-refractivity contribution in [1.82, 2.24) is 4.98 Å². The van der Waals surface area contributed by atoms with Gasteiger partial charge in [-0.15, -0.1) is 0 Å². The van der Waals surface area contributed by atoms with Gasteiger partial charge in [-0.05, 0) is 18.1 Å². The van der Waals surface area contributed by atoms with E-state index in [9.17, 15) is 9.59 Å². The average Bonchev–Trinajstić information content (AvgIpc) is 2.15. The molecule has 1 rings (SSSR count). The molecule has 5 heteroatoms. The van der Waals surface area contributed by atoms with Crippen LogP contribution in [0.3, 0.4) is 0 Å². The minimum Gasteiger partial charge on any atom is -0.481 e. The SMILES string of the molecule is Cc1cncc(C(CC(=O)O)CC(=O)O)c1. The molecule has 1 aromatic rings. The Hall–Kier alpha value is -1.91. The van der Waals surface area contributed by atoms with Gasteiger partial charge in [-0.25, -0.2) is 0 Å². The van der Waals surface area contributed by atoms with Gasteiger partial charge in [0, 0.05) is 18.3 Å². The maximum absolute atomic E-state index is 10.6. The number of carboxylic acids is 2. The molecule has 0 aromatic carbocycles. The van der Waals surface area contributed by atoms with Crippen molar-refractivity contribution in [2.45, 2.75) is 25.7 Å². The first-order valence-electron chi connectivity index (χ1n) is 4.84. The van der Waals surface area contributed by atoms with Gasteiger partial charge >= 0.3 is 11.9 Å². The lowest BCUT2D eigenvalue weighted by molar-refractivity contribution is -0.139. The number of nitrogens with zero attached hydrogens (tertiary/aromatic N) is 1. The molecule has 5 nitrogen and oxygen atoms in total. The fourth-order valence-corrected chi connectivity index (χ4v) is 1.53. The third kappa shape index (κ3) is 3.68. The Morgan fingerprint density at radius 3 is 2.25 bits per heavy atom. The molecule has 0 radical (unpaired) electrons. The average molecular weight is 223 g/mol. The number of rotatable bonds is 5. The van der Waals surface area contributed by atoms with Crippen LogP contribution in [-0.4, -0.2) is 27.1 Å². The summed E-state index contributed by atoms with van der Waals surface area (Å²) in [5.41, 5.74) is 1.54. The summed E-state index contributed by atoms with van der Waals surface area (Å²) in [5, 5.41) is 17.4. The van der Waals surface area contributed by atoms with Crippen LogP contribution in [0.1, 0.15) is 29.9 Å². The van der Waals surface area contributed by atoms with Gasteiger partial charge in [0.05, 0.1) is 12.8 Å². The third-order valence-corrected chi connectivity index (χ3v) is 2.21. The van der Waals surface area contributed by atoms with Crippen molar-refractivity contribution in [3.05, 3.63) is 29.6 Å². The number of hydrogen-bond donors (Lipinski definition) is 2. The monoisotopic (exact) mass is 223 g/mol. The first-order chi connectivity index (χ1) is 7.49. The molecule has 0 fully saturated rings. The van der Waals surface area contributed by atoms with Crippen LogP contribution in [0.15, 0.2) is 18.5 Å². The Labute approximate surface area is 92.8 Å². The normalized spacial score (nSPS) is 10.4. The fourth-order valence-electron chi connectivity index (χ4n) is 1.53. The van der Waals surface area contributed by atoms with Crippen molar-refractivity contribution >= 4 is 11.9 Å². The number of aliphatic carboxylic acids is 2. The summed E-state index contributed by atoms with van der Waals surface area (Å²) in [6, 6.07) is 1.77. The number of carbonyl (C=O) groups is 2. The van der Waals surface area contributed by atoms with Crippen LogP contribution in [0.2, 0.25) is 0 Å². The minimum absolute atomic E-state index is 0.197. The summed E-state index contributed by atoms with van der Waals surface area (Å²) in [4.78, 5) is 25.2. The maximum Gasteiger partial charge on any atom is 0.303 e. The number of hydrogen-bond acceptors (Lipinski definition) is 3. The van der Waals surface area contributed by atoms with Gasteiger partial charge in [-0.1, -0.05) is 6.07 Å². The van der Waals surface area contributed by atoms with E-state index < -0.39 is 17.9 Å². The van der Waals surface area contributed by atoms with Crippen LogP contribution in [0.4, 0.5) is 0 Å². The summed E-state index contributed by atoms with van der Waals surface area (Å²) in [7, 11) is 0. The summed E-state index contributed by atoms with van der Waals surface area (Å²) < 4.78 is 0. The van der Waals surface area contributed by atoms with E-state index >= 15 is 0 Å². The molecular formula is C11H13NO4. The molecule has 0 amide bonds. The van der Waals surface area contributed by atoms with Crippen LogP contribution >= 0.6 is 0 Å². The quantitative estimate of drug-likeness (QED) is 0.788. The highest BCUT2D eigenvalue weighted by Crippen LogP contribution is 2.23. The van der Waals surface area contributed by atoms with Crippen molar-refractivity contribution in [2.24, 2.45) is 0 Å². The molecule has 0 aliphatic heterocycles. The maximum atomic E-state index is 10.6. The molecule has 86 valence electrons. The molecule has 0 unspecified atom stereocenters. The minimum atomic E-state index is -1.01. The Morgan fingerprint density at radius 1 is 1.25 bits per heavy atom. The number of aromatic nitrogens is 1. The third-order valence-electron chi connectivity index (χ3n) is 2.21. The second-order valence-electron chi connectivity index (χ2n) is 3.69. The molecule has 0 aliphatic rings. The van der Waals surface area contributed by atoms with E-state index in [2.05, 4.69) is 4.98 Å². The predicted octanol–water partition coefficient (Wildman–Crippen LogP) is 1.42. The van der Waals surface area contributed by atoms with Crippen LogP contribution in [-0.2, 0) is 9.59 Å². The second-order valence-corrected chi connectivity index (χ2v) is 3.69. The smallest absolute Gasteiger partial charge is 0.303 e. The summed E-state index contributed by atoms with van der Waals surface area (Å²) in [5.74, 6) is -2.54. The van der Waals surface area contributed by atoms with Crippen LogP contribution in [0.25, 0.3) is 0 Å². The van der Waals surface area contributed by atoms with E-state index in [0.29, 0.717) is 5.56 Å². The van der Waals surface area contributed by atoms with Gasteiger partial charge in [0.1, 0.15) is 0 Å². The first kappa shape index (κ1) is 12.2. The van der Waals surface area contributed by atoms with E-state index in [1.807, 2.05) is 6.92 Å². The highest BCUT2D eigenvalue weighted by atomic mass is 16.4. The van der Waals surface area contributed by atoms with E-state index in [4.69, 9.17) is 10.2 Å². The lowest BCUT2D eigenvalue weighted by Gasteiger charge is -2.12. The molecule has 16 heavy (non-hydrogen) atoms. The number of pyridine rings is 1. The highest BCUT2D eigenvalue weighted by molar-refractivity contribution is 5.72. The first-order valence-corrected chi connectivity index (χ1v) is 4.84. The Morgan fingerprint density at radius 2 is 1.81 bits per heavy atom. The molecule has 0 saturated carbocycles. The zero-order valence-corrected chi connectivity index (χ0v) is 8.88. The van der Waals surface area contributed by atoms with Crippen molar-refractivity contribution in [1.29, 1.82) is 0 Å². The Kier molecular flexibility index (Phi) is 3.99. The zero-order valence-electron chi connectivity index (χ0n) is 8.88. The van der Waals surface area contributed by atoms with Crippen molar-refractivity contribution < 1.29 is 19.8 Å². The van der Waals surface area contributed by atoms with Gasteiger partial charge in [-0.2, -0.15) is 0 Å². The second kappa shape index (κ2) is 5.25. The Balaban J connectivity index is 2.90. The van der Waals surface area contributed by atoms with E-state index in [0.717, 1.165) is 5.56 Å². The van der Waals surface area contributed by atoms with Crippen molar-refractivity contribution in [3.63, 3.8) is 0 Å². The molecule has 1 heterocycles. The molecule has 0 saturated heterocycles. The molecule has 1 aromatic heterocycles. The summed E-state index contributed by atoms with van der Waals surface area (Å²) in [6.45, 7) is 1.83. The predicted molar refractivity (Wildman–Crippen MR) is 56.2 cm³/mol. The van der Waals surface area contributed by atoms with Gasteiger partial charge in [-0.3, -0.25) is 14.6 Å². The van der Waals surface area contributed by atoms with E-state index in [-0.39, 0.29) is 12.8 Å². The van der Waals surface area contributed by atoms with Crippen LogP contribution in [0.5, 0.6) is 0 Å². The lowest BCUT2D eigenvalue weighted by atomic mass is 9.93. The summed E-state index contributed by atoms with van der Waals surface area (Å²) >= 11 is 0. The largest absolute Gasteiger partial charge is 0.481 e. The Bertz CT molecular complexity index is 387. The van der Waals surface area contributed by atoms with E-state index in [1.165, 1.54) is 6.20 Å². The molecule has 2 N–H and O–H groups in total. The van der Waals surface area contributed by atoms with Crippen LogP contribution < -0.4 is 0 Å². The molecule has 0 aliphatic carbocycles.